The van der Waals surface area contributed by atoms with Crippen molar-refractivity contribution >= 4 is 51.2 Å². The number of likely N-dealkylation sites (tertiary alicyclic amines) is 1. The molecule has 8 nitrogen and oxygen atoms in total. The Balaban J connectivity index is 1.76. The Labute approximate surface area is 211 Å². The number of halogens is 1. The second kappa shape index (κ2) is 9.91. The van der Waals surface area contributed by atoms with E-state index in [1.54, 1.807) is 61.0 Å². The van der Waals surface area contributed by atoms with Gasteiger partial charge in [-0.15, -0.1) is 18.3 Å². The van der Waals surface area contributed by atoms with Gasteiger partial charge in [-0.05, 0) is 37.6 Å². The Morgan fingerprint density at radius 1 is 1.38 bits per heavy atom. The fourth-order valence-electron chi connectivity index (χ4n) is 5.63. The first kappa shape index (κ1) is 25.1. The number of nitrogens with zero attached hydrogens (tertiary/aromatic N) is 2. The normalized spacial score (nSPS) is 31.4. The number of ether oxygens (including phenoxy) is 2. The molecule has 0 saturated carbocycles. The van der Waals surface area contributed by atoms with Gasteiger partial charge in [-0.1, -0.05) is 22.0 Å². The lowest BCUT2D eigenvalue weighted by molar-refractivity contribution is -0.153. The summed E-state index contributed by atoms with van der Waals surface area (Å²) in [6.07, 6.45) is 2.20. The molecule has 3 heterocycles. The molecule has 3 fully saturated rings. The van der Waals surface area contributed by atoms with Crippen LogP contribution in [0.4, 0.5) is 5.69 Å². The third-order valence-corrected chi connectivity index (χ3v) is 10.1. The lowest BCUT2D eigenvalue weighted by atomic mass is 9.71. The molecule has 1 aromatic rings. The highest BCUT2D eigenvalue weighted by atomic mass is 79.9. The van der Waals surface area contributed by atoms with Crippen LogP contribution < -0.4 is 9.64 Å². The number of fused-ring (bicyclic) bond motifs is 1. The van der Waals surface area contributed by atoms with E-state index in [9.17, 15) is 19.5 Å². The van der Waals surface area contributed by atoms with E-state index in [-0.39, 0.29) is 48.2 Å². The largest absolute Gasteiger partial charge is 0.497 e. The molecule has 1 N–H and O–H groups in total. The third kappa shape index (κ3) is 3.83. The van der Waals surface area contributed by atoms with Crippen LogP contribution in [0.3, 0.4) is 0 Å². The Kier molecular flexibility index (Phi) is 7.30. The second-order valence-corrected chi connectivity index (χ2v) is 11.3. The number of esters is 1. The monoisotopic (exact) mass is 552 g/mol. The van der Waals surface area contributed by atoms with Gasteiger partial charge in [0, 0.05) is 28.9 Å². The predicted octanol–water partition coefficient (Wildman–Crippen LogP) is 2.23. The third-order valence-electron chi connectivity index (χ3n) is 6.88. The predicted molar refractivity (Wildman–Crippen MR) is 133 cm³/mol. The van der Waals surface area contributed by atoms with Crippen molar-refractivity contribution in [2.45, 2.75) is 34.2 Å². The number of anilines is 1. The number of aliphatic hydroxyl groups excluding tert-OH is 1. The highest BCUT2D eigenvalue weighted by Crippen LogP contribution is 2.68. The average Bonchev–Trinajstić information content (AvgIpc) is 3.41. The highest BCUT2D eigenvalue weighted by molar-refractivity contribution is 9.09. The SMILES string of the molecule is C=CCN(C(=O)C1N(CCO)C(=O)[C@@H]2[C@@H](C(=O)OCC)[C@@H]3SC12CC3Br)c1ccc(OC)cc1. The molecule has 2 amide bonds. The van der Waals surface area contributed by atoms with Gasteiger partial charge in [-0.2, -0.15) is 0 Å². The smallest absolute Gasteiger partial charge is 0.310 e. The number of carbonyl (C=O) groups is 3. The summed E-state index contributed by atoms with van der Waals surface area (Å²) in [7, 11) is 1.57. The number of hydrogen-bond acceptors (Lipinski definition) is 7. The van der Waals surface area contributed by atoms with Crippen LogP contribution in [-0.2, 0) is 19.1 Å². The lowest BCUT2D eigenvalue weighted by Crippen LogP contribution is -2.56. The highest BCUT2D eigenvalue weighted by Gasteiger charge is 2.76. The number of benzene rings is 1. The van der Waals surface area contributed by atoms with E-state index in [0.29, 0.717) is 17.9 Å². The number of rotatable bonds is 9. The molecular formula is C24H29BrN2O6S. The molecule has 4 rings (SSSR count). The van der Waals surface area contributed by atoms with Gasteiger partial charge in [0.2, 0.25) is 5.91 Å². The van der Waals surface area contributed by atoms with Crippen LogP contribution in [0.2, 0.25) is 0 Å². The van der Waals surface area contributed by atoms with Gasteiger partial charge in [0.15, 0.2) is 0 Å². The Bertz CT molecular complexity index is 975. The summed E-state index contributed by atoms with van der Waals surface area (Å²) < 4.78 is 9.79. The molecule has 2 bridgehead atoms. The maximum absolute atomic E-state index is 14.2. The van der Waals surface area contributed by atoms with Crippen LogP contribution in [0, 0.1) is 11.8 Å². The van der Waals surface area contributed by atoms with Gasteiger partial charge < -0.3 is 24.4 Å². The van der Waals surface area contributed by atoms with E-state index < -0.39 is 28.6 Å². The van der Waals surface area contributed by atoms with Crippen molar-refractivity contribution < 1.29 is 29.0 Å². The van der Waals surface area contributed by atoms with Gasteiger partial charge in [0.1, 0.15) is 11.8 Å². The molecule has 1 aromatic carbocycles. The molecular weight excluding hydrogens is 524 g/mol. The number of alkyl halides is 1. The lowest BCUT2D eigenvalue weighted by Gasteiger charge is -2.37. The van der Waals surface area contributed by atoms with Crippen LogP contribution in [0.25, 0.3) is 0 Å². The van der Waals surface area contributed by atoms with E-state index in [2.05, 4.69) is 22.5 Å². The summed E-state index contributed by atoms with van der Waals surface area (Å²) >= 11 is 5.25. The van der Waals surface area contributed by atoms with Crippen molar-refractivity contribution in [2.24, 2.45) is 11.8 Å². The molecule has 0 aromatic heterocycles. The number of carbonyl (C=O) groups excluding carboxylic acids is 3. The molecule has 6 atom stereocenters. The average molecular weight is 553 g/mol. The first-order valence-corrected chi connectivity index (χ1v) is 13.1. The van der Waals surface area contributed by atoms with Crippen molar-refractivity contribution in [3.8, 4) is 5.75 Å². The van der Waals surface area contributed by atoms with Crippen LogP contribution in [-0.4, -0.2) is 82.1 Å². The number of hydrogen-bond donors (Lipinski definition) is 1. The standard InChI is InChI=1S/C24H29BrN2O6S/c1-4-10-26(14-6-8-15(32-3)9-7-14)22(30)20-24-13-16(25)19(34-24)17(23(31)33-5-2)18(24)21(29)27(20)11-12-28/h4,6-9,16-20,28H,1,5,10-13H2,2-3H3/t16?,17-,18+,19-,20?,24?/m1/s1. The zero-order valence-corrected chi connectivity index (χ0v) is 21.6. The quantitative estimate of drug-likeness (QED) is 0.285. The van der Waals surface area contributed by atoms with Crippen molar-refractivity contribution in [3.63, 3.8) is 0 Å². The summed E-state index contributed by atoms with van der Waals surface area (Å²) in [6, 6.07) is 6.29. The minimum atomic E-state index is -0.825. The van der Waals surface area contributed by atoms with Crippen molar-refractivity contribution in [3.05, 3.63) is 36.9 Å². The van der Waals surface area contributed by atoms with E-state index in [4.69, 9.17) is 9.47 Å². The number of methoxy groups -OCH3 is 1. The summed E-state index contributed by atoms with van der Waals surface area (Å²) in [5, 5.41) is 9.59. The van der Waals surface area contributed by atoms with Crippen molar-refractivity contribution in [2.75, 3.05) is 38.3 Å². The minimum absolute atomic E-state index is 0.0196. The van der Waals surface area contributed by atoms with Crippen LogP contribution >= 0.6 is 27.7 Å². The molecule has 184 valence electrons. The van der Waals surface area contributed by atoms with Gasteiger partial charge in [-0.3, -0.25) is 14.4 Å². The summed E-state index contributed by atoms with van der Waals surface area (Å²) in [6.45, 7) is 5.75. The van der Waals surface area contributed by atoms with Crippen molar-refractivity contribution in [1.29, 1.82) is 0 Å². The Hall–Kier alpha value is -2.04. The Morgan fingerprint density at radius 2 is 2.09 bits per heavy atom. The van der Waals surface area contributed by atoms with Crippen molar-refractivity contribution in [1.82, 2.24) is 4.90 Å². The second-order valence-electron chi connectivity index (χ2n) is 8.61. The van der Waals surface area contributed by atoms with Gasteiger partial charge >= 0.3 is 5.97 Å². The molecule has 3 aliphatic heterocycles. The first-order valence-electron chi connectivity index (χ1n) is 11.3. The molecule has 3 aliphatic rings. The first-order chi connectivity index (χ1) is 16.3. The van der Waals surface area contributed by atoms with E-state index in [1.807, 2.05) is 0 Å². The topological polar surface area (TPSA) is 96.4 Å². The van der Waals surface area contributed by atoms with E-state index in [0.717, 1.165) is 0 Å². The zero-order chi connectivity index (χ0) is 24.6. The number of amides is 2. The summed E-state index contributed by atoms with van der Waals surface area (Å²) in [4.78, 5) is 43.8. The molecule has 1 spiro atoms. The van der Waals surface area contributed by atoms with Crippen LogP contribution in [0.5, 0.6) is 5.75 Å². The summed E-state index contributed by atoms with van der Waals surface area (Å²) in [5.74, 6) is -1.57. The fourth-order valence-corrected chi connectivity index (χ4v) is 9.22. The summed E-state index contributed by atoms with van der Waals surface area (Å²) in [5.41, 5.74) is 0.650. The Morgan fingerprint density at radius 3 is 2.68 bits per heavy atom. The maximum atomic E-state index is 14.2. The van der Waals surface area contributed by atoms with E-state index >= 15 is 0 Å². The molecule has 3 saturated heterocycles. The molecule has 10 heteroatoms. The molecule has 0 radical (unpaired) electrons. The van der Waals surface area contributed by atoms with Gasteiger partial charge in [-0.25, -0.2) is 0 Å². The van der Waals surface area contributed by atoms with Crippen LogP contribution in [0.15, 0.2) is 36.9 Å². The van der Waals surface area contributed by atoms with Gasteiger partial charge in [0.05, 0.1) is 36.9 Å². The maximum Gasteiger partial charge on any atom is 0.310 e. The molecule has 34 heavy (non-hydrogen) atoms. The minimum Gasteiger partial charge on any atom is -0.497 e. The molecule has 3 unspecified atom stereocenters. The number of thioether (sulfide) groups is 1. The number of aliphatic hydroxyl groups is 1. The van der Waals surface area contributed by atoms with Gasteiger partial charge in [0.25, 0.3) is 5.91 Å². The zero-order valence-electron chi connectivity index (χ0n) is 19.2. The molecule has 0 aliphatic carbocycles. The van der Waals surface area contributed by atoms with E-state index in [1.165, 1.54) is 4.90 Å². The number of β-amino-alcohol motifs (C(OH)–C–C–N with tert-alkyl or cyclic N) is 1. The van der Waals surface area contributed by atoms with Crippen LogP contribution in [0.1, 0.15) is 13.3 Å². The fraction of sp³-hybridized carbons (Fsp3) is 0.542.